The van der Waals surface area contributed by atoms with E-state index < -0.39 is 5.97 Å². The number of carboxylic acid groups (broad SMARTS) is 1. The summed E-state index contributed by atoms with van der Waals surface area (Å²) >= 11 is 0. The number of hydrogen-bond acceptors (Lipinski definition) is 5. The second-order valence-corrected chi connectivity index (χ2v) is 9.40. The molecule has 1 atom stereocenters. The molecule has 2 aliphatic rings. The molecule has 0 aliphatic heterocycles. The summed E-state index contributed by atoms with van der Waals surface area (Å²) in [4.78, 5) is 24.1. The third kappa shape index (κ3) is 3.67. The van der Waals surface area contributed by atoms with Crippen LogP contribution in [0.1, 0.15) is 55.3 Å². The van der Waals surface area contributed by atoms with E-state index in [1.165, 1.54) is 12.4 Å². The SMILES string of the molecule is Nc1ncnn2c(C3CCC(C(=O)O)CC3)nc(-c3cc4cccc(C5C=CC(F)=CC5)c4[nH]3)c12. The van der Waals surface area contributed by atoms with Gasteiger partial charge in [0, 0.05) is 22.7 Å². The summed E-state index contributed by atoms with van der Waals surface area (Å²) in [5, 5.41) is 14.8. The minimum Gasteiger partial charge on any atom is -0.481 e. The van der Waals surface area contributed by atoms with Gasteiger partial charge in [-0.05, 0) is 55.9 Å². The van der Waals surface area contributed by atoms with Crippen LogP contribution in [0.4, 0.5) is 10.2 Å². The summed E-state index contributed by atoms with van der Waals surface area (Å²) in [7, 11) is 0. The Bertz CT molecular complexity index is 1510. The number of H-pyrrole nitrogens is 1. The molecule has 1 fully saturated rings. The first-order valence-electron chi connectivity index (χ1n) is 11.9. The highest BCUT2D eigenvalue weighted by molar-refractivity contribution is 5.93. The standard InChI is InChI=1S/C26H25FN6O2/c27-18-10-8-14(9-11-18)19-3-1-2-17-12-20(31-21(17)19)22-23-24(28)29-13-30-33(23)25(32-22)15-4-6-16(7-5-15)26(34)35/h1-3,8,10-16,31H,4-7,9H2,(H,34,35)(H2,28,29,30). The normalized spacial score (nSPS) is 22.5. The first-order valence-corrected chi connectivity index (χ1v) is 11.9. The molecule has 4 aromatic rings. The van der Waals surface area contributed by atoms with Crippen molar-refractivity contribution in [3.8, 4) is 11.4 Å². The van der Waals surface area contributed by atoms with E-state index in [-0.39, 0.29) is 23.6 Å². The molecule has 0 radical (unpaired) electrons. The van der Waals surface area contributed by atoms with Gasteiger partial charge in [-0.3, -0.25) is 4.79 Å². The van der Waals surface area contributed by atoms with Crippen LogP contribution >= 0.6 is 0 Å². The van der Waals surface area contributed by atoms with Crippen molar-refractivity contribution in [3.05, 3.63) is 66.0 Å². The van der Waals surface area contributed by atoms with Gasteiger partial charge in [0.15, 0.2) is 5.82 Å². The van der Waals surface area contributed by atoms with Crippen LogP contribution < -0.4 is 5.73 Å². The van der Waals surface area contributed by atoms with Crippen molar-refractivity contribution in [2.24, 2.45) is 5.92 Å². The van der Waals surface area contributed by atoms with Crippen molar-refractivity contribution in [1.82, 2.24) is 24.6 Å². The molecule has 1 saturated carbocycles. The van der Waals surface area contributed by atoms with Gasteiger partial charge >= 0.3 is 5.97 Å². The van der Waals surface area contributed by atoms with E-state index >= 15 is 0 Å². The molecule has 6 rings (SSSR count). The molecule has 4 N–H and O–H groups in total. The maximum atomic E-state index is 13.5. The van der Waals surface area contributed by atoms with Gasteiger partial charge in [0.2, 0.25) is 0 Å². The van der Waals surface area contributed by atoms with Gasteiger partial charge in [0.05, 0.1) is 11.6 Å². The van der Waals surface area contributed by atoms with E-state index in [2.05, 4.69) is 21.1 Å². The van der Waals surface area contributed by atoms with E-state index in [4.69, 9.17) is 10.7 Å². The lowest BCUT2D eigenvalue weighted by Crippen LogP contribution is -2.21. The summed E-state index contributed by atoms with van der Waals surface area (Å²) in [5.41, 5.74) is 10.5. The molecule has 9 heteroatoms. The van der Waals surface area contributed by atoms with Crippen LogP contribution in [0.25, 0.3) is 27.8 Å². The van der Waals surface area contributed by atoms with Gasteiger partial charge in [-0.15, -0.1) is 0 Å². The van der Waals surface area contributed by atoms with Crippen molar-refractivity contribution in [3.63, 3.8) is 0 Å². The lowest BCUT2D eigenvalue weighted by Gasteiger charge is -2.24. The minimum absolute atomic E-state index is 0.0804. The van der Waals surface area contributed by atoms with E-state index in [0.29, 0.717) is 36.3 Å². The number of carbonyl (C=O) groups is 1. The molecule has 1 unspecified atom stereocenters. The zero-order chi connectivity index (χ0) is 24.1. The average Bonchev–Trinajstić information content (AvgIpc) is 3.47. The van der Waals surface area contributed by atoms with E-state index in [0.717, 1.165) is 40.8 Å². The van der Waals surface area contributed by atoms with Crippen molar-refractivity contribution < 1.29 is 14.3 Å². The van der Waals surface area contributed by atoms with Gasteiger partial charge in [0.25, 0.3) is 0 Å². The number of aromatic nitrogens is 5. The number of benzene rings is 1. The van der Waals surface area contributed by atoms with Crippen LogP contribution in [-0.4, -0.2) is 35.6 Å². The number of nitrogens with zero attached hydrogens (tertiary/aromatic N) is 4. The number of nitrogens with two attached hydrogens (primary N) is 1. The molecule has 0 spiro atoms. The Morgan fingerprint density at radius 3 is 2.80 bits per heavy atom. The van der Waals surface area contributed by atoms with Crippen LogP contribution in [0.15, 0.2) is 54.6 Å². The third-order valence-corrected chi connectivity index (χ3v) is 7.33. The van der Waals surface area contributed by atoms with Gasteiger partial charge in [-0.1, -0.05) is 24.3 Å². The topological polar surface area (TPSA) is 122 Å². The Balaban J connectivity index is 1.43. The van der Waals surface area contributed by atoms with Gasteiger partial charge in [-0.25, -0.2) is 18.9 Å². The largest absolute Gasteiger partial charge is 0.481 e. The molecular formula is C26H25FN6O2. The maximum absolute atomic E-state index is 13.5. The minimum atomic E-state index is -0.733. The number of imidazole rings is 1. The smallest absolute Gasteiger partial charge is 0.306 e. The number of para-hydroxylation sites is 1. The van der Waals surface area contributed by atoms with Crippen LogP contribution in [-0.2, 0) is 4.79 Å². The number of fused-ring (bicyclic) bond motifs is 2. The van der Waals surface area contributed by atoms with Crippen molar-refractivity contribution in [2.45, 2.75) is 43.9 Å². The first-order chi connectivity index (χ1) is 17.0. The fourth-order valence-electron chi connectivity index (χ4n) is 5.47. The van der Waals surface area contributed by atoms with Crippen LogP contribution in [0.2, 0.25) is 0 Å². The molecule has 0 saturated heterocycles. The second kappa shape index (κ2) is 8.33. The van der Waals surface area contributed by atoms with Crippen molar-refractivity contribution in [1.29, 1.82) is 0 Å². The Kier molecular flexibility index (Phi) is 5.12. The lowest BCUT2D eigenvalue weighted by molar-refractivity contribution is -0.142. The van der Waals surface area contributed by atoms with Crippen LogP contribution in [0.5, 0.6) is 0 Å². The number of aliphatic carboxylic acids is 1. The number of hydrogen-bond donors (Lipinski definition) is 3. The number of carboxylic acids is 1. The predicted molar refractivity (Wildman–Crippen MR) is 131 cm³/mol. The molecular weight excluding hydrogens is 447 g/mol. The third-order valence-electron chi connectivity index (χ3n) is 7.33. The highest BCUT2D eigenvalue weighted by atomic mass is 19.1. The molecule has 1 aromatic carbocycles. The summed E-state index contributed by atoms with van der Waals surface area (Å²) in [6.45, 7) is 0. The first kappa shape index (κ1) is 21.5. The van der Waals surface area contributed by atoms with Gasteiger partial charge in [-0.2, -0.15) is 5.10 Å². The van der Waals surface area contributed by atoms with E-state index in [1.54, 1.807) is 10.6 Å². The fourth-order valence-corrected chi connectivity index (χ4v) is 5.47. The number of nitrogens with one attached hydrogen (secondary N) is 1. The van der Waals surface area contributed by atoms with Crippen molar-refractivity contribution in [2.75, 3.05) is 5.73 Å². The summed E-state index contributed by atoms with van der Waals surface area (Å²) in [6.07, 6.45) is 9.74. The van der Waals surface area contributed by atoms with E-state index in [1.807, 2.05) is 24.3 Å². The second-order valence-electron chi connectivity index (χ2n) is 9.40. The Morgan fingerprint density at radius 1 is 1.23 bits per heavy atom. The molecule has 178 valence electrons. The number of halogens is 1. The molecule has 2 aliphatic carbocycles. The zero-order valence-corrected chi connectivity index (χ0v) is 19.0. The van der Waals surface area contributed by atoms with Crippen LogP contribution in [0.3, 0.4) is 0 Å². The fraction of sp³-hybridized carbons (Fsp3) is 0.308. The summed E-state index contributed by atoms with van der Waals surface area (Å²) in [5.74, 6) is 0.0484. The number of rotatable bonds is 4. The monoisotopic (exact) mass is 472 g/mol. The van der Waals surface area contributed by atoms with Crippen LogP contribution in [0, 0.1) is 5.92 Å². The number of anilines is 1. The summed E-state index contributed by atoms with van der Waals surface area (Å²) in [6, 6.07) is 8.15. The molecule has 8 nitrogen and oxygen atoms in total. The Morgan fingerprint density at radius 2 is 2.06 bits per heavy atom. The molecule has 3 heterocycles. The molecule has 0 amide bonds. The lowest BCUT2D eigenvalue weighted by atomic mass is 9.82. The highest BCUT2D eigenvalue weighted by Crippen LogP contribution is 2.39. The quantitative estimate of drug-likeness (QED) is 0.379. The molecule has 3 aromatic heterocycles. The maximum Gasteiger partial charge on any atom is 0.306 e. The highest BCUT2D eigenvalue weighted by Gasteiger charge is 2.31. The Hall–Kier alpha value is -4.01. The van der Waals surface area contributed by atoms with E-state index in [9.17, 15) is 14.3 Å². The number of aromatic amines is 1. The predicted octanol–water partition coefficient (Wildman–Crippen LogP) is 5.11. The zero-order valence-electron chi connectivity index (χ0n) is 19.0. The average molecular weight is 473 g/mol. The van der Waals surface area contributed by atoms with Crippen molar-refractivity contribution >= 4 is 28.2 Å². The summed E-state index contributed by atoms with van der Waals surface area (Å²) < 4.78 is 15.3. The molecule has 0 bridgehead atoms. The Labute approximate surface area is 200 Å². The molecule has 35 heavy (non-hydrogen) atoms. The van der Waals surface area contributed by atoms with Gasteiger partial charge < -0.3 is 15.8 Å². The van der Waals surface area contributed by atoms with Gasteiger partial charge in [0.1, 0.15) is 29.2 Å². The number of allylic oxidation sites excluding steroid dienone is 4. The number of nitrogen functional groups attached to an aromatic ring is 1.